The molecule has 0 aliphatic heterocycles. The van der Waals surface area contributed by atoms with Crippen LogP contribution in [0, 0.1) is 11.3 Å². The van der Waals surface area contributed by atoms with E-state index in [0.29, 0.717) is 5.69 Å². The van der Waals surface area contributed by atoms with E-state index < -0.39 is 22.5 Å². The van der Waals surface area contributed by atoms with Gasteiger partial charge in [-0.1, -0.05) is 23.2 Å². The van der Waals surface area contributed by atoms with Crippen molar-refractivity contribution in [1.82, 2.24) is 29.5 Å². The van der Waals surface area contributed by atoms with Crippen molar-refractivity contribution in [3.8, 4) is 29.1 Å². The van der Waals surface area contributed by atoms with Gasteiger partial charge in [-0.3, -0.25) is 19.6 Å². The van der Waals surface area contributed by atoms with Crippen LogP contribution < -0.4 is 21.5 Å². The molecule has 0 bridgehead atoms. The fourth-order valence-electron chi connectivity index (χ4n) is 2.64. The summed E-state index contributed by atoms with van der Waals surface area (Å²) in [6.07, 6.45) is 3.02. The number of rotatable bonds is 4. The largest absolute Gasteiger partial charge is 0.434 e. The molecule has 11 nitrogen and oxygen atoms in total. The van der Waals surface area contributed by atoms with Gasteiger partial charge >= 0.3 is 5.69 Å². The zero-order valence-electron chi connectivity index (χ0n) is 15.7. The lowest BCUT2D eigenvalue weighted by Gasteiger charge is -2.12. The molecule has 4 rings (SSSR count). The normalized spacial score (nSPS) is 10.5. The summed E-state index contributed by atoms with van der Waals surface area (Å²) in [6, 6.07) is 9.97. The average molecular weight is 470 g/mol. The number of nitrogens with zero attached hydrogens (tertiary/aromatic N) is 6. The van der Waals surface area contributed by atoms with Crippen LogP contribution in [0.15, 0.2) is 63.2 Å². The summed E-state index contributed by atoms with van der Waals surface area (Å²) in [5.41, 5.74) is -2.16. The summed E-state index contributed by atoms with van der Waals surface area (Å²) >= 11 is 12.6. The lowest BCUT2D eigenvalue weighted by atomic mass is 10.3. The molecule has 158 valence electrons. The van der Waals surface area contributed by atoms with E-state index in [9.17, 15) is 14.4 Å². The number of benzene rings is 1. The highest BCUT2D eigenvalue weighted by Crippen LogP contribution is 2.37. The third-order valence-electron chi connectivity index (χ3n) is 4.05. The fraction of sp³-hybridized carbons (Fsp3) is 0. The third kappa shape index (κ3) is 4.00. The van der Waals surface area contributed by atoms with E-state index in [1.165, 1.54) is 36.7 Å². The number of aromatic amines is 1. The first kappa shape index (κ1) is 21.0. The summed E-state index contributed by atoms with van der Waals surface area (Å²) in [5, 5.41) is 16.8. The van der Waals surface area contributed by atoms with Crippen LogP contribution in [0.25, 0.3) is 11.4 Å². The zero-order valence-corrected chi connectivity index (χ0v) is 17.2. The highest BCUT2D eigenvalue weighted by molar-refractivity contribution is 6.37. The van der Waals surface area contributed by atoms with Gasteiger partial charge in [-0.25, -0.2) is 4.79 Å². The first-order chi connectivity index (χ1) is 15.4. The molecule has 0 saturated heterocycles. The van der Waals surface area contributed by atoms with Gasteiger partial charge in [0.2, 0.25) is 11.6 Å². The number of pyridine rings is 1. The van der Waals surface area contributed by atoms with Gasteiger partial charge in [0.25, 0.3) is 11.1 Å². The Morgan fingerprint density at radius 3 is 2.28 bits per heavy atom. The molecule has 1 aromatic carbocycles. The summed E-state index contributed by atoms with van der Waals surface area (Å²) < 4.78 is 7.55. The minimum atomic E-state index is -0.915. The molecular formula is C19H9Cl2N7O4. The minimum absolute atomic E-state index is 0.00231. The predicted molar refractivity (Wildman–Crippen MR) is 113 cm³/mol. The van der Waals surface area contributed by atoms with Gasteiger partial charge < -0.3 is 4.74 Å². The SMILES string of the molecule is N#Cc1nn(-c2cc(Cl)c(Oc3ccc(=O)n(-c4ccncc4)n3)c(Cl)c2)c(=O)[nH]c1=O. The number of aromatic nitrogens is 6. The first-order valence-electron chi connectivity index (χ1n) is 8.69. The summed E-state index contributed by atoms with van der Waals surface area (Å²) in [4.78, 5) is 41.6. The second kappa shape index (κ2) is 8.46. The number of hydrogen-bond acceptors (Lipinski definition) is 8. The van der Waals surface area contributed by atoms with Gasteiger partial charge in [0.05, 0.1) is 21.4 Å². The quantitative estimate of drug-likeness (QED) is 0.475. The molecule has 0 spiro atoms. The van der Waals surface area contributed by atoms with Crippen LogP contribution >= 0.6 is 23.2 Å². The Hall–Kier alpha value is -4.27. The molecule has 0 radical (unpaired) electrons. The molecule has 4 aromatic rings. The van der Waals surface area contributed by atoms with Crippen molar-refractivity contribution in [1.29, 1.82) is 5.26 Å². The topological polar surface area (TPSA) is 149 Å². The van der Waals surface area contributed by atoms with Crippen LogP contribution in [0.4, 0.5) is 0 Å². The van der Waals surface area contributed by atoms with Crippen molar-refractivity contribution in [2.24, 2.45) is 0 Å². The highest BCUT2D eigenvalue weighted by atomic mass is 35.5. The molecule has 13 heteroatoms. The maximum absolute atomic E-state index is 12.2. The van der Waals surface area contributed by atoms with Gasteiger partial charge in [0, 0.05) is 24.5 Å². The fourth-order valence-corrected chi connectivity index (χ4v) is 3.19. The van der Waals surface area contributed by atoms with Gasteiger partial charge in [-0.05, 0) is 24.3 Å². The van der Waals surface area contributed by atoms with Crippen molar-refractivity contribution < 1.29 is 4.74 Å². The number of nitriles is 1. The van der Waals surface area contributed by atoms with E-state index in [1.54, 1.807) is 18.2 Å². The van der Waals surface area contributed by atoms with Crippen LogP contribution in [0.2, 0.25) is 10.0 Å². The maximum Gasteiger partial charge on any atom is 0.349 e. The number of H-pyrrole nitrogens is 1. The smallest absolute Gasteiger partial charge is 0.349 e. The summed E-state index contributed by atoms with van der Waals surface area (Å²) in [5.74, 6) is 0.0200. The predicted octanol–water partition coefficient (Wildman–Crippen LogP) is 1.83. The number of ether oxygens (including phenoxy) is 1. The molecule has 1 N–H and O–H groups in total. The Kier molecular flexibility index (Phi) is 5.55. The maximum atomic E-state index is 12.2. The van der Waals surface area contributed by atoms with E-state index >= 15 is 0 Å². The van der Waals surface area contributed by atoms with Gasteiger partial charge in [0.1, 0.15) is 6.07 Å². The van der Waals surface area contributed by atoms with Crippen LogP contribution in [0.1, 0.15) is 5.69 Å². The molecule has 3 aromatic heterocycles. The van der Waals surface area contributed by atoms with Gasteiger partial charge in [-0.15, -0.1) is 10.2 Å². The molecule has 0 aliphatic carbocycles. The molecule has 3 heterocycles. The molecular weight excluding hydrogens is 461 g/mol. The average Bonchev–Trinajstić information content (AvgIpc) is 2.78. The summed E-state index contributed by atoms with van der Waals surface area (Å²) in [7, 11) is 0. The Bertz CT molecular complexity index is 1530. The Labute approximate surface area is 187 Å². The Morgan fingerprint density at radius 2 is 1.62 bits per heavy atom. The minimum Gasteiger partial charge on any atom is -0.434 e. The molecule has 0 unspecified atom stereocenters. The molecule has 0 saturated carbocycles. The summed E-state index contributed by atoms with van der Waals surface area (Å²) in [6.45, 7) is 0. The Balaban J connectivity index is 1.74. The van der Waals surface area contributed by atoms with E-state index in [4.69, 9.17) is 33.2 Å². The van der Waals surface area contributed by atoms with E-state index in [1.807, 2.05) is 4.98 Å². The van der Waals surface area contributed by atoms with Crippen molar-refractivity contribution in [3.05, 3.63) is 95.7 Å². The molecule has 32 heavy (non-hydrogen) atoms. The molecule has 0 atom stereocenters. The highest BCUT2D eigenvalue weighted by Gasteiger charge is 2.16. The monoisotopic (exact) mass is 469 g/mol. The zero-order chi connectivity index (χ0) is 22.8. The van der Waals surface area contributed by atoms with Crippen molar-refractivity contribution in [2.45, 2.75) is 0 Å². The van der Waals surface area contributed by atoms with Crippen molar-refractivity contribution >= 4 is 23.2 Å². The van der Waals surface area contributed by atoms with Crippen molar-refractivity contribution in [3.63, 3.8) is 0 Å². The second-order valence-corrected chi connectivity index (χ2v) is 6.91. The number of halogens is 2. The van der Waals surface area contributed by atoms with Crippen LogP contribution in [-0.2, 0) is 0 Å². The van der Waals surface area contributed by atoms with E-state index in [-0.39, 0.29) is 27.4 Å². The van der Waals surface area contributed by atoms with Gasteiger partial charge in [0.15, 0.2) is 5.75 Å². The number of hydrogen-bond donors (Lipinski definition) is 1. The van der Waals surface area contributed by atoms with Crippen LogP contribution in [0.5, 0.6) is 11.6 Å². The molecule has 0 fully saturated rings. The molecule has 0 aliphatic rings. The lowest BCUT2D eigenvalue weighted by Crippen LogP contribution is -2.33. The van der Waals surface area contributed by atoms with Crippen molar-refractivity contribution in [2.75, 3.05) is 0 Å². The second-order valence-electron chi connectivity index (χ2n) is 6.10. The third-order valence-corrected chi connectivity index (χ3v) is 4.61. The lowest BCUT2D eigenvalue weighted by molar-refractivity contribution is 0.447. The van der Waals surface area contributed by atoms with Crippen LogP contribution in [0.3, 0.4) is 0 Å². The van der Waals surface area contributed by atoms with E-state index in [2.05, 4.69) is 15.2 Å². The number of nitrogens with one attached hydrogen (secondary N) is 1. The molecule has 0 amide bonds. The standard InChI is InChI=1S/C19H9Cl2N7O4/c20-12-7-11(28-19(31)24-18(30)14(9-22)25-28)8-13(21)17(12)32-15-1-2-16(29)27(26-15)10-3-5-23-6-4-10/h1-8H,(H,24,30,31). The van der Waals surface area contributed by atoms with Crippen LogP contribution in [-0.4, -0.2) is 29.5 Å². The first-order valence-corrected chi connectivity index (χ1v) is 9.45. The Morgan fingerprint density at radius 1 is 0.938 bits per heavy atom. The van der Waals surface area contributed by atoms with E-state index in [0.717, 1.165) is 9.36 Å². The van der Waals surface area contributed by atoms with Gasteiger partial charge in [-0.2, -0.15) is 14.6 Å².